The molecule has 0 aliphatic carbocycles. The predicted octanol–water partition coefficient (Wildman–Crippen LogP) is 1.95. The van der Waals surface area contributed by atoms with E-state index < -0.39 is 0 Å². The Kier molecular flexibility index (Phi) is 3.92. The van der Waals surface area contributed by atoms with E-state index in [4.69, 9.17) is 10.3 Å². The Balaban J connectivity index is 2.07. The van der Waals surface area contributed by atoms with Gasteiger partial charge in [0.1, 0.15) is 5.69 Å². The van der Waals surface area contributed by atoms with Gasteiger partial charge in [-0.25, -0.2) is 4.98 Å². The third-order valence-electron chi connectivity index (χ3n) is 2.05. The van der Waals surface area contributed by atoms with Crippen molar-refractivity contribution < 1.29 is 4.52 Å². The molecule has 2 aromatic heterocycles. The normalized spacial score (nSPS) is 12.9. The molecule has 86 valence electrons. The minimum Gasteiger partial charge on any atom is -0.337 e. The van der Waals surface area contributed by atoms with Gasteiger partial charge in [0.2, 0.25) is 11.7 Å². The van der Waals surface area contributed by atoms with Crippen molar-refractivity contribution >= 4 is 23.1 Å². The fourth-order valence-electron chi connectivity index (χ4n) is 1.18. The van der Waals surface area contributed by atoms with Crippen LogP contribution in [-0.4, -0.2) is 27.1 Å². The van der Waals surface area contributed by atoms with Crippen LogP contribution in [0.4, 0.5) is 0 Å². The third kappa shape index (κ3) is 2.60. The van der Waals surface area contributed by atoms with Crippen LogP contribution >= 0.6 is 23.1 Å². The van der Waals surface area contributed by atoms with Crippen LogP contribution in [0.1, 0.15) is 18.4 Å². The minimum absolute atomic E-state index is 0.188. The van der Waals surface area contributed by atoms with Crippen molar-refractivity contribution in [2.24, 2.45) is 5.73 Å². The lowest BCUT2D eigenvalue weighted by molar-refractivity contribution is 0.353. The summed E-state index contributed by atoms with van der Waals surface area (Å²) in [6, 6.07) is -0.188. The van der Waals surface area contributed by atoms with Gasteiger partial charge in [0, 0.05) is 5.38 Å². The van der Waals surface area contributed by atoms with Crippen molar-refractivity contribution in [2.75, 3.05) is 12.0 Å². The Labute approximate surface area is 101 Å². The summed E-state index contributed by atoms with van der Waals surface area (Å²) >= 11 is 3.25. The standard InChI is InChI=1S/C9H12N4OS2/c1-15-3-2-6(10)9-12-8(13-14-9)7-4-16-5-11-7/h4-6H,2-3,10H2,1H3/t6-/m0/s1. The number of nitrogens with zero attached hydrogens (tertiary/aromatic N) is 3. The monoisotopic (exact) mass is 256 g/mol. The molecule has 0 spiro atoms. The molecule has 0 aliphatic rings. The Bertz CT molecular complexity index is 428. The molecule has 0 unspecified atom stereocenters. The quantitative estimate of drug-likeness (QED) is 0.881. The number of rotatable bonds is 5. The van der Waals surface area contributed by atoms with Crippen LogP contribution in [0.2, 0.25) is 0 Å². The van der Waals surface area contributed by atoms with E-state index in [1.807, 2.05) is 11.6 Å². The maximum Gasteiger partial charge on any atom is 0.243 e. The highest BCUT2D eigenvalue weighted by atomic mass is 32.2. The molecule has 7 heteroatoms. The predicted molar refractivity (Wildman–Crippen MR) is 65.3 cm³/mol. The van der Waals surface area contributed by atoms with Gasteiger partial charge in [0.15, 0.2) is 0 Å². The van der Waals surface area contributed by atoms with Gasteiger partial charge in [-0.05, 0) is 18.4 Å². The van der Waals surface area contributed by atoms with E-state index in [2.05, 4.69) is 15.1 Å². The molecule has 0 aliphatic heterocycles. The van der Waals surface area contributed by atoms with E-state index >= 15 is 0 Å². The second kappa shape index (κ2) is 5.42. The highest BCUT2D eigenvalue weighted by molar-refractivity contribution is 7.98. The lowest BCUT2D eigenvalue weighted by Gasteiger charge is -2.03. The Morgan fingerprint density at radius 2 is 2.50 bits per heavy atom. The summed E-state index contributed by atoms with van der Waals surface area (Å²) in [7, 11) is 0. The fourth-order valence-corrected chi connectivity index (χ4v) is 2.20. The van der Waals surface area contributed by atoms with Crippen molar-refractivity contribution in [2.45, 2.75) is 12.5 Å². The SMILES string of the molecule is CSCC[C@H](N)c1nc(-c2cscn2)no1. The summed E-state index contributed by atoms with van der Waals surface area (Å²) in [6.07, 6.45) is 2.88. The number of hydrogen-bond donors (Lipinski definition) is 1. The minimum atomic E-state index is -0.188. The zero-order valence-electron chi connectivity index (χ0n) is 8.79. The summed E-state index contributed by atoms with van der Waals surface area (Å²) in [6.45, 7) is 0. The molecule has 2 N–H and O–H groups in total. The molecule has 2 aromatic rings. The van der Waals surface area contributed by atoms with Gasteiger partial charge in [-0.15, -0.1) is 11.3 Å². The second-order valence-corrected chi connectivity index (χ2v) is 4.92. The first-order valence-corrected chi connectivity index (χ1v) is 7.11. The van der Waals surface area contributed by atoms with E-state index in [0.29, 0.717) is 11.7 Å². The van der Waals surface area contributed by atoms with E-state index in [0.717, 1.165) is 17.9 Å². The molecule has 2 rings (SSSR count). The van der Waals surface area contributed by atoms with Crippen LogP contribution in [-0.2, 0) is 0 Å². The topological polar surface area (TPSA) is 77.8 Å². The fraction of sp³-hybridized carbons (Fsp3) is 0.444. The molecule has 0 saturated carbocycles. The summed E-state index contributed by atoms with van der Waals surface area (Å²) in [5, 5.41) is 5.74. The molecule has 0 amide bonds. The zero-order valence-corrected chi connectivity index (χ0v) is 10.4. The number of hydrogen-bond acceptors (Lipinski definition) is 7. The first-order valence-electron chi connectivity index (χ1n) is 4.78. The molecule has 0 saturated heterocycles. The number of nitrogens with two attached hydrogens (primary N) is 1. The maximum absolute atomic E-state index is 5.92. The third-order valence-corrected chi connectivity index (χ3v) is 3.28. The molecular formula is C9H12N4OS2. The van der Waals surface area contributed by atoms with Crippen molar-refractivity contribution in [1.82, 2.24) is 15.1 Å². The van der Waals surface area contributed by atoms with E-state index in [1.54, 1.807) is 17.3 Å². The van der Waals surface area contributed by atoms with Gasteiger partial charge in [-0.1, -0.05) is 5.16 Å². The average molecular weight is 256 g/mol. The zero-order chi connectivity index (χ0) is 11.4. The van der Waals surface area contributed by atoms with Crippen LogP contribution in [0.5, 0.6) is 0 Å². The molecule has 5 nitrogen and oxygen atoms in total. The molecule has 1 atom stereocenters. The summed E-state index contributed by atoms with van der Waals surface area (Å²) in [5.41, 5.74) is 8.39. The Morgan fingerprint density at radius 1 is 1.62 bits per heavy atom. The highest BCUT2D eigenvalue weighted by Gasteiger charge is 2.15. The van der Waals surface area contributed by atoms with Crippen LogP contribution < -0.4 is 5.73 Å². The van der Waals surface area contributed by atoms with Crippen molar-refractivity contribution in [3.8, 4) is 11.5 Å². The highest BCUT2D eigenvalue weighted by Crippen LogP contribution is 2.19. The number of thioether (sulfide) groups is 1. The van der Waals surface area contributed by atoms with Crippen LogP contribution in [0, 0.1) is 0 Å². The molecular weight excluding hydrogens is 244 g/mol. The Hall–Kier alpha value is -0.920. The van der Waals surface area contributed by atoms with Crippen molar-refractivity contribution in [3.05, 3.63) is 16.8 Å². The van der Waals surface area contributed by atoms with Crippen LogP contribution in [0.3, 0.4) is 0 Å². The summed E-state index contributed by atoms with van der Waals surface area (Å²) in [4.78, 5) is 8.35. The molecule has 0 radical (unpaired) electrons. The van der Waals surface area contributed by atoms with Gasteiger partial charge in [0.25, 0.3) is 0 Å². The summed E-state index contributed by atoms with van der Waals surface area (Å²) in [5.74, 6) is 1.98. The number of aromatic nitrogens is 3. The maximum atomic E-state index is 5.92. The lowest BCUT2D eigenvalue weighted by atomic mass is 10.2. The van der Waals surface area contributed by atoms with Gasteiger partial charge >= 0.3 is 0 Å². The van der Waals surface area contributed by atoms with Gasteiger partial charge < -0.3 is 10.3 Å². The first kappa shape index (κ1) is 11.6. The smallest absolute Gasteiger partial charge is 0.243 e. The van der Waals surface area contributed by atoms with E-state index in [9.17, 15) is 0 Å². The number of thiazole rings is 1. The Morgan fingerprint density at radius 3 is 3.19 bits per heavy atom. The molecule has 0 aromatic carbocycles. The first-order chi connectivity index (χ1) is 7.81. The molecule has 16 heavy (non-hydrogen) atoms. The second-order valence-electron chi connectivity index (χ2n) is 3.22. The van der Waals surface area contributed by atoms with Crippen LogP contribution in [0.15, 0.2) is 15.4 Å². The van der Waals surface area contributed by atoms with E-state index in [-0.39, 0.29) is 6.04 Å². The largest absolute Gasteiger partial charge is 0.337 e. The molecule has 2 heterocycles. The van der Waals surface area contributed by atoms with Gasteiger partial charge in [0.05, 0.1) is 11.6 Å². The lowest BCUT2D eigenvalue weighted by Crippen LogP contribution is -2.11. The van der Waals surface area contributed by atoms with Gasteiger partial charge in [-0.3, -0.25) is 0 Å². The molecule has 0 bridgehead atoms. The van der Waals surface area contributed by atoms with Crippen molar-refractivity contribution in [3.63, 3.8) is 0 Å². The summed E-state index contributed by atoms with van der Waals surface area (Å²) < 4.78 is 5.12. The molecule has 0 fully saturated rings. The van der Waals surface area contributed by atoms with Crippen LogP contribution in [0.25, 0.3) is 11.5 Å². The van der Waals surface area contributed by atoms with Crippen molar-refractivity contribution in [1.29, 1.82) is 0 Å². The van der Waals surface area contributed by atoms with E-state index in [1.165, 1.54) is 11.3 Å². The van der Waals surface area contributed by atoms with Gasteiger partial charge in [-0.2, -0.15) is 16.7 Å². The average Bonchev–Trinajstić information content (AvgIpc) is 2.94.